The number of nitrogens with zero attached hydrogens (tertiary/aromatic N) is 2. The molecule has 1 aliphatic heterocycles. The van der Waals surface area contributed by atoms with Crippen LogP contribution in [0.25, 0.3) is 0 Å². The van der Waals surface area contributed by atoms with E-state index in [-0.39, 0.29) is 17.2 Å². The van der Waals surface area contributed by atoms with E-state index in [1.165, 1.54) is 0 Å². The smallest absolute Gasteiger partial charge is 0.0840 e. The van der Waals surface area contributed by atoms with Gasteiger partial charge in [-0.1, -0.05) is 0 Å². The van der Waals surface area contributed by atoms with Crippen molar-refractivity contribution in [2.75, 3.05) is 34.3 Å². The molecule has 20 heavy (non-hydrogen) atoms. The molecule has 0 spiro atoms. The number of hydroxylamine groups is 2. The van der Waals surface area contributed by atoms with Crippen molar-refractivity contribution in [3.05, 3.63) is 0 Å². The fourth-order valence-electron chi connectivity index (χ4n) is 3.27. The highest BCUT2D eigenvalue weighted by molar-refractivity contribution is 6.07. The van der Waals surface area contributed by atoms with E-state index in [2.05, 4.69) is 48.8 Å². The summed E-state index contributed by atoms with van der Waals surface area (Å²) in [4.78, 5) is 0. The molecule has 4 nitrogen and oxygen atoms in total. The third-order valence-electron chi connectivity index (χ3n) is 3.95. The summed E-state index contributed by atoms with van der Waals surface area (Å²) >= 11 is 5.66. The molecule has 0 unspecified atom stereocenters. The maximum absolute atomic E-state index is 6.11. The van der Waals surface area contributed by atoms with Gasteiger partial charge in [0.2, 0.25) is 0 Å². The van der Waals surface area contributed by atoms with Gasteiger partial charge in [0.1, 0.15) is 0 Å². The zero-order valence-electron chi connectivity index (χ0n) is 14.2. The van der Waals surface area contributed by atoms with Crippen molar-refractivity contribution in [2.24, 2.45) is 0 Å². The lowest BCUT2D eigenvalue weighted by Crippen LogP contribution is -2.61. The van der Waals surface area contributed by atoms with Crippen LogP contribution in [0.15, 0.2) is 0 Å². The van der Waals surface area contributed by atoms with E-state index >= 15 is 0 Å². The molecule has 1 rings (SSSR count). The fourth-order valence-corrected chi connectivity index (χ4v) is 3.64. The van der Waals surface area contributed by atoms with E-state index in [9.17, 15) is 0 Å². The maximum Gasteiger partial charge on any atom is 0.0840 e. The van der Waals surface area contributed by atoms with Gasteiger partial charge in [0.25, 0.3) is 0 Å². The Kier molecular flexibility index (Phi) is 5.90. The summed E-state index contributed by atoms with van der Waals surface area (Å²) in [7, 11) is 6.63. The highest BCUT2D eigenvalue weighted by Gasteiger charge is 2.47. The van der Waals surface area contributed by atoms with Gasteiger partial charge in [-0.25, -0.2) is 0 Å². The predicted octanol–water partition coefficient (Wildman–Crippen LogP) is 3.21. The Morgan fingerprint density at radius 1 is 1.10 bits per heavy atom. The van der Waals surface area contributed by atoms with Crippen molar-refractivity contribution in [2.45, 2.75) is 64.1 Å². The van der Waals surface area contributed by atoms with Crippen molar-refractivity contribution in [3.8, 4) is 0 Å². The number of halogens is 1. The van der Waals surface area contributed by atoms with Crippen LogP contribution in [0.1, 0.15) is 47.0 Å². The van der Waals surface area contributed by atoms with Crippen molar-refractivity contribution in [1.29, 1.82) is 0 Å². The monoisotopic (exact) mass is 307 g/mol. The molecule has 0 aliphatic carbocycles. The summed E-state index contributed by atoms with van der Waals surface area (Å²) in [5.41, 5.74) is -0.234. The molecule has 0 aromatic rings. The fraction of sp³-hybridized carbons (Fsp3) is 1.00. The van der Waals surface area contributed by atoms with Gasteiger partial charge in [-0.2, -0.15) is 9.45 Å². The lowest BCUT2D eigenvalue weighted by atomic mass is 9.80. The minimum atomic E-state index is -0.117. The van der Waals surface area contributed by atoms with E-state index < -0.39 is 0 Å². The minimum Gasteiger partial charge on any atom is -0.378 e. The molecule has 120 valence electrons. The van der Waals surface area contributed by atoms with Gasteiger partial charge in [-0.3, -0.25) is 0 Å². The van der Waals surface area contributed by atoms with Crippen LogP contribution in [0.4, 0.5) is 0 Å². The first-order valence-electron chi connectivity index (χ1n) is 7.49. The largest absolute Gasteiger partial charge is 0.378 e. The van der Waals surface area contributed by atoms with Crippen molar-refractivity contribution in [3.63, 3.8) is 0 Å². The molecule has 5 heteroatoms. The predicted molar refractivity (Wildman–Crippen MR) is 83.4 cm³/mol. The summed E-state index contributed by atoms with van der Waals surface area (Å²) in [6.45, 7) is 10.6. The molecule has 0 aromatic carbocycles. The van der Waals surface area contributed by atoms with Crippen LogP contribution in [0.5, 0.6) is 0 Å². The minimum absolute atomic E-state index is 0.117. The zero-order valence-corrected chi connectivity index (χ0v) is 15.0. The van der Waals surface area contributed by atoms with Crippen molar-refractivity contribution >= 4 is 11.9 Å². The van der Waals surface area contributed by atoms with E-state index in [0.29, 0.717) is 0 Å². The standard InChI is InChI=1S/C15H32ClN2O2/c1-14(2)11-13(12-15(3,4)17(14)20-16)19-10-8-9-18(5,6)7/h13H,8-12H2,1-7H3/q+1. The quantitative estimate of drug-likeness (QED) is 0.555. The Morgan fingerprint density at radius 3 is 2.00 bits per heavy atom. The molecule has 1 aliphatic rings. The first kappa shape index (κ1) is 18.2. The van der Waals surface area contributed by atoms with Crippen LogP contribution in [-0.2, 0) is 9.13 Å². The summed E-state index contributed by atoms with van der Waals surface area (Å²) in [6.07, 6.45) is 3.24. The van der Waals surface area contributed by atoms with Gasteiger partial charge < -0.3 is 9.22 Å². The molecule has 0 amide bonds. The van der Waals surface area contributed by atoms with Crippen LogP contribution in [-0.4, -0.2) is 61.0 Å². The van der Waals surface area contributed by atoms with Gasteiger partial charge in [0, 0.05) is 17.5 Å². The van der Waals surface area contributed by atoms with Crippen LogP contribution < -0.4 is 0 Å². The number of rotatable bonds is 6. The second kappa shape index (κ2) is 6.49. The lowest BCUT2D eigenvalue weighted by Gasteiger charge is -2.51. The van der Waals surface area contributed by atoms with Gasteiger partial charge in [-0.15, -0.1) is 0 Å². The third-order valence-corrected chi connectivity index (χ3v) is 4.09. The average molecular weight is 308 g/mol. The van der Waals surface area contributed by atoms with Gasteiger partial charge in [0.15, 0.2) is 0 Å². The van der Waals surface area contributed by atoms with E-state index in [4.69, 9.17) is 21.0 Å². The van der Waals surface area contributed by atoms with Gasteiger partial charge >= 0.3 is 0 Å². The second-order valence-electron chi connectivity index (χ2n) is 8.26. The number of ether oxygens (including phenoxy) is 1. The van der Waals surface area contributed by atoms with Gasteiger partial charge in [-0.05, 0) is 40.5 Å². The molecule has 0 saturated carbocycles. The number of hydrogen-bond donors (Lipinski definition) is 0. The highest BCUT2D eigenvalue weighted by Crippen LogP contribution is 2.40. The topological polar surface area (TPSA) is 21.7 Å². The van der Waals surface area contributed by atoms with Crippen LogP contribution in [0.3, 0.4) is 0 Å². The van der Waals surface area contributed by atoms with E-state index in [1.54, 1.807) is 0 Å². The first-order valence-corrected chi connectivity index (χ1v) is 7.80. The molecule has 1 saturated heterocycles. The Balaban J connectivity index is 2.49. The number of quaternary nitrogens is 1. The molecular formula is C15H32ClN2O2+. The van der Waals surface area contributed by atoms with E-state index in [0.717, 1.165) is 36.9 Å². The molecule has 0 aromatic heterocycles. The van der Waals surface area contributed by atoms with Crippen LogP contribution in [0.2, 0.25) is 0 Å². The SMILES string of the molecule is CC1(C)CC(OCCC[N+](C)(C)C)CC(C)(C)N1OCl. The Morgan fingerprint density at radius 2 is 1.60 bits per heavy atom. The van der Waals surface area contributed by atoms with Crippen molar-refractivity contribution < 1.29 is 13.6 Å². The van der Waals surface area contributed by atoms with Crippen molar-refractivity contribution in [1.82, 2.24) is 5.06 Å². The molecule has 1 fully saturated rings. The lowest BCUT2D eigenvalue weighted by molar-refractivity contribution is -0.870. The van der Waals surface area contributed by atoms with Gasteiger partial charge in [0.05, 0.1) is 52.3 Å². The normalized spacial score (nSPS) is 24.0. The Hall–Kier alpha value is 0.130. The molecule has 0 radical (unpaired) electrons. The molecule has 0 bridgehead atoms. The second-order valence-corrected chi connectivity index (χ2v) is 8.39. The molecule has 1 heterocycles. The van der Waals surface area contributed by atoms with E-state index in [1.807, 2.05) is 5.06 Å². The zero-order chi connectivity index (χ0) is 15.6. The summed E-state index contributed by atoms with van der Waals surface area (Å²) in [6, 6.07) is 0. The summed E-state index contributed by atoms with van der Waals surface area (Å²) in [5, 5.41) is 1.90. The average Bonchev–Trinajstić information content (AvgIpc) is 2.20. The molecule has 0 atom stereocenters. The Labute approximate surface area is 129 Å². The summed E-state index contributed by atoms with van der Waals surface area (Å²) < 4.78 is 12.2. The highest BCUT2D eigenvalue weighted by atomic mass is 35.5. The first-order chi connectivity index (χ1) is 8.98. The maximum atomic E-state index is 6.11. The van der Waals surface area contributed by atoms with Crippen LogP contribution in [0, 0.1) is 0 Å². The van der Waals surface area contributed by atoms with Crippen LogP contribution >= 0.6 is 11.9 Å². The number of piperidine rings is 1. The third kappa shape index (κ3) is 5.15. The Bertz CT molecular complexity index is 295. The molecular weight excluding hydrogens is 276 g/mol. The summed E-state index contributed by atoms with van der Waals surface area (Å²) in [5.74, 6) is 0. The molecule has 0 N–H and O–H groups in total. The number of hydrogen-bond acceptors (Lipinski definition) is 3.